The summed E-state index contributed by atoms with van der Waals surface area (Å²) in [6.45, 7) is 3.49. The number of sulfonamides is 1. The number of amides is 1. The number of likely N-dealkylation sites (tertiary alicyclic amines) is 1. The predicted octanol–water partition coefficient (Wildman–Crippen LogP) is 1.11. The first-order valence-electron chi connectivity index (χ1n) is 8.39. The first-order chi connectivity index (χ1) is 11.4. The topological polar surface area (TPSA) is 92.5 Å². The maximum atomic E-state index is 12.5. The first-order valence-corrected chi connectivity index (χ1v) is 9.87. The van der Waals surface area contributed by atoms with Gasteiger partial charge in [0.25, 0.3) is 0 Å². The third kappa shape index (κ3) is 4.55. The van der Waals surface area contributed by atoms with E-state index in [1.54, 1.807) is 24.3 Å². The van der Waals surface area contributed by atoms with Gasteiger partial charge in [-0.25, -0.2) is 13.1 Å². The Kier molecular flexibility index (Phi) is 6.37. The van der Waals surface area contributed by atoms with E-state index in [-0.39, 0.29) is 16.8 Å². The minimum absolute atomic E-state index is 0.129. The third-order valence-corrected chi connectivity index (χ3v) is 6.13. The molecule has 1 fully saturated rings. The Morgan fingerprint density at radius 2 is 2.00 bits per heavy atom. The Morgan fingerprint density at radius 3 is 2.58 bits per heavy atom. The highest BCUT2D eigenvalue weighted by atomic mass is 32.2. The van der Waals surface area contributed by atoms with E-state index in [1.807, 2.05) is 4.90 Å². The highest BCUT2D eigenvalue weighted by Gasteiger charge is 2.28. The third-order valence-electron chi connectivity index (χ3n) is 4.70. The number of hydrogen-bond donors (Lipinski definition) is 2. The smallest absolute Gasteiger partial charge is 0.240 e. The van der Waals surface area contributed by atoms with Gasteiger partial charge in [-0.05, 0) is 49.9 Å². The van der Waals surface area contributed by atoms with Crippen molar-refractivity contribution in [3.05, 3.63) is 29.8 Å². The number of aryl methyl sites for hydroxylation is 1. The zero-order chi connectivity index (χ0) is 17.7. The van der Waals surface area contributed by atoms with E-state index >= 15 is 0 Å². The lowest BCUT2D eigenvalue weighted by molar-refractivity contribution is -0.135. The van der Waals surface area contributed by atoms with Gasteiger partial charge in [0.05, 0.1) is 4.90 Å². The highest BCUT2D eigenvalue weighted by Crippen LogP contribution is 2.23. The number of benzene rings is 1. The van der Waals surface area contributed by atoms with Crippen molar-refractivity contribution in [2.24, 2.45) is 11.7 Å². The molecule has 1 aromatic rings. The average molecular weight is 353 g/mol. The molecule has 24 heavy (non-hydrogen) atoms. The molecule has 1 heterocycles. The predicted molar refractivity (Wildman–Crippen MR) is 94.0 cm³/mol. The van der Waals surface area contributed by atoms with Gasteiger partial charge in [0, 0.05) is 25.6 Å². The normalized spacial score (nSPS) is 21.7. The highest BCUT2D eigenvalue weighted by molar-refractivity contribution is 7.89. The molecule has 0 spiro atoms. The monoisotopic (exact) mass is 353 g/mol. The van der Waals surface area contributed by atoms with Crippen LogP contribution in [-0.2, 0) is 21.2 Å². The lowest BCUT2D eigenvalue weighted by atomic mass is 9.92. The summed E-state index contributed by atoms with van der Waals surface area (Å²) in [7, 11) is -2.03. The molecule has 3 N–H and O–H groups in total. The molecule has 0 radical (unpaired) electrons. The maximum absolute atomic E-state index is 12.5. The van der Waals surface area contributed by atoms with Gasteiger partial charge >= 0.3 is 0 Å². The molecular formula is C17H27N3O3S. The second kappa shape index (κ2) is 8.09. The Morgan fingerprint density at radius 1 is 1.33 bits per heavy atom. The Balaban J connectivity index is 1.94. The van der Waals surface area contributed by atoms with Crippen molar-refractivity contribution < 1.29 is 13.2 Å². The van der Waals surface area contributed by atoms with Gasteiger partial charge in [-0.15, -0.1) is 0 Å². The molecule has 6 nitrogen and oxygen atoms in total. The zero-order valence-corrected chi connectivity index (χ0v) is 15.2. The number of hydrogen-bond acceptors (Lipinski definition) is 4. The van der Waals surface area contributed by atoms with Crippen LogP contribution in [0, 0.1) is 5.92 Å². The fourth-order valence-corrected chi connectivity index (χ4v) is 3.88. The number of piperidine rings is 1. The van der Waals surface area contributed by atoms with Gasteiger partial charge in [0.15, 0.2) is 0 Å². The van der Waals surface area contributed by atoms with E-state index in [9.17, 15) is 13.2 Å². The van der Waals surface area contributed by atoms with Gasteiger partial charge in [-0.2, -0.15) is 0 Å². The van der Waals surface area contributed by atoms with Crippen LogP contribution in [0.2, 0.25) is 0 Å². The molecule has 7 heteroatoms. The molecule has 134 valence electrons. The van der Waals surface area contributed by atoms with Crippen LogP contribution in [0.4, 0.5) is 0 Å². The number of nitrogens with two attached hydrogens (primary N) is 1. The van der Waals surface area contributed by atoms with Gasteiger partial charge in [0.1, 0.15) is 0 Å². The van der Waals surface area contributed by atoms with Crippen LogP contribution < -0.4 is 10.5 Å². The number of rotatable bonds is 6. The average Bonchev–Trinajstić information content (AvgIpc) is 2.59. The molecule has 1 aromatic carbocycles. The van der Waals surface area contributed by atoms with Gasteiger partial charge in [-0.3, -0.25) is 4.79 Å². The lowest BCUT2D eigenvalue weighted by Gasteiger charge is -2.38. The fourth-order valence-electron chi connectivity index (χ4n) is 3.15. The zero-order valence-electron chi connectivity index (χ0n) is 14.4. The SMILES string of the molecule is CNS(=O)(=O)c1ccc(CCC(=O)N2CCC(C)CC2CN)cc1. The van der Waals surface area contributed by atoms with E-state index in [0.29, 0.717) is 25.3 Å². The summed E-state index contributed by atoms with van der Waals surface area (Å²) >= 11 is 0. The van der Waals surface area contributed by atoms with Crippen molar-refractivity contribution in [1.82, 2.24) is 9.62 Å². The Hall–Kier alpha value is -1.44. The molecule has 0 saturated carbocycles. The molecule has 0 aromatic heterocycles. The van der Waals surface area contributed by atoms with Crippen molar-refractivity contribution >= 4 is 15.9 Å². The van der Waals surface area contributed by atoms with Crippen LogP contribution in [0.15, 0.2) is 29.2 Å². The largest absolute Gasteiger partial charge is 0.338 e. The molecule has 1 saturated heterocycles. The van der Waals surface area contributed by atoms with Gasteiger partial charge in [-0.1, -0.05) is 19.1 Å². The summed E-state index contributed by atoms with van der Waals surface area (Å²) in [5.74, 6) is 0.744. The number of nitrogens with one attached hydrogen (secondary N) is 1. The summed E-state index contributed by atoms with van der Waals surface area (Å²) < 4.78 is 25.7. The van der Waals surface area contributed by atoms with Crippen molar-refractivity contribution in [2.75, 3.05) is 20.1 Å². The maximum Gasteiger partial charge on any atom is 0.240 e. The number of carbonyl (C=O) groups is 1. The molecule has 2 atom stereocenters. The molecule has 1 amide bonds. The molecule has 1 aliphatic heterocycles. The van der Waals surface area contributed by atoms with Crippen molar-refractivity contribution in [1.29, 1.82) is 0 Å². The molecule has 2 unspecified atom stereocenters. The van der Waals surface area contributed by atoms with Crippen molar-refractivity contribution in [2.45, 2.75) is 43.5 Å². The van der Waals surface area contributed by atoms with Crippen molar-refractivity contribution in [3.8, 4) is 0 Å². The minimum Gasteiger partial charge on any atom is -0.338 e. The van der Waals surface area contributed by atoms with E-state index < -0.39 is 10.0 Å². The van der Waals surface area contributed by atoms with Crippen LogP contribution in [0.5, 0.6) is 0 Å². The Bertz CT molecular complexity index is 658. The van der Waals surface area contributed by atoms with Crippen LogP contribution in [-0.4, -0.2) is 45.4 Å². The summed E-state index contributed by atoms with van der Waals surface area (Å²) in [5, 5.41) is 0. The summed E-state index contributed by atoms with van der Waals surface area (Å²) in [6, 6.07) is 6.80. The van der Waals surface area contributed by atoms with Crippen LogP contribution in [0.1, 0.15) is 31.7 Å². The van der Waals surface area contributed by atoms with E-state index in [0.717, 1.165) is 24.9 Å². The van der Waals surface area contributed by atoms with Crippen molar-refractivity contribution in [3.63, 3.8) is 0 Å². The fraction of sp³-hybridized carbons (Fsp3) is 0.588. The second-order valence-corrected chi connectivity index (χ2v) is 8.34. The van der Waals surface area contributed by atoms with E-state index in [4.69, 9.17) is 5.73 Å². The summed E-state index contributed by atoms with van der Waals surface area (Å²) in [6.07, 6.45) is 3.02. The molecular weight excluding hydrogens is 326 g/mol. The standard InChI is InChI=1S/C17H27N3O3S/c1-13-9-10-20(15(11-13)12-18)17(21)8-5-14-3-6-16(7-4-14)24(22,23)19-2/h3-4,6-7,13,15,19H,5,8-12,18H2,1-2H3. The Labute approximate surface area is 144 Å². The van der Waals surface area contributed by atoms with E-state index in [1.165, 1.54) is 7.05 Å². The van der Waals surface area contributed by atoms with Crippen LogP contribution in [0.25, 0.3) is 0 Å². The molecule has 2 rings (SSSR count). The number of carbonyl (C=O) groups excluding carboxylic acids is 1. The van der Waals surface area contributed by atoms with Crippen LogP contribution in [0.3, 0.4) is 0 Å². The second-order valence-electron chi connectivity index (χ2n) is 6.46. The minimum atomic E-state index is -3.42. The van der Waals surface area contributed by atoms with Gasteiger partial charge in [0.2, 0.25) is 15.9 Å². The summed E-state index contributed by atoms with van der Waals surface area (Å²) in [4.78, 5) is 14.6. The van der Waals surface area contributed by atoms with E-state index in [2.05, 4.69) is 11.6 Å². The lowest BCUT2D eigenvalue weighted by Crippen LogP contribution is -2.49. The molecule has 0 bridgehead atoms. The first kappa shape index (κ1) is 18.9. The quantitative estimate of drug-likeness (QED) is 0.801. The van der Waals surface area contributed by atoms with Crippen LogP contribution >= 0.6 is 0 Å². The number of nitrogens with zero attached hydrogens (tertiary/aromatic N) is 1. The molecule has 0 aliphatic carbocycles. The summed E-state index contributed by atoms with van der Waals surface area (Å²) in [5.41, 5.74) is 6.77. The van der Waals surface area contributed by atoms with Gasteiger partial charge < -0.3 is 10.6 Å². The molecule has 1 aliphatic rings.